The van der Waals surface area contributed by atoms with Crippen LogP contribution in [0.4, 0.5) is 5.13 Å². The molecule has 29 heavy (non-hydrogen) atoms. The van der Waals surface area contributed by atoms with Crippen molar-refractivity contribution in [3.63, 3.8) is 0 Å². The summed E-state index contributed by atoms with van der Waals surface area (Å²) in [6.07, 6.45) is 1.01. The van der Waals surface area contributed by atoms with E-state index >= 15 is 0 Å². The van der Waals surface area contributed by atoms with Crippen molar-refractivity contribution < 1.29 is 13.2 Å². The summed E-state index contributed by atoms with van der Waals surface area (Å²) >= 11 is 4.87. The third kappa shape index (κ3) is 4.71. The molecule has 0 radical (unpaired) electrons. The second kappa shape index (κ2) is 8.80. The molecule has 1 amide bonds. The largest absolute Gasteiger partial charge is 0.302 e. The van der Waals surface area contributed by atoms with Gasteiger partial charge in [0.2, 0.25) is 5.91 Å². The number of anilines is 1. The molecule has 1 aromatic carbocycles. The van der Waals surface area contributed by atoms with Gasteiger partial charge in [0.25, 0.3) is 10.0 Å². The zero-order chi connectivity index (χ0) is 20.4. The van der Waals surface area contributed by atoms with E-state index in [9.17, 15) is 13.2 Å². The molecule has 2 aromatic heterocycles. The third-order valence-corrected chi connectivity index (χ3v) is 9.54. The number of rotatable bonds is 5. The van der Waals surface area contributed by atoms with Crippen molar-refractivity contribution in [1.82, 2.24) is 9.29 Å². The lowest BCUT2D eigenvalue weighted by atomic mass is 9.97. The number of hydrogen-bond acceptors (Lipinski definition) is 6. The fraction of sp³-hybridized carbons (Fsp3) is 0.263. The number of thiazole rings is 1. The van der Waals surface area contributed by atoms with Crippen LogP contribution in [0.5, 0.6) is 0 Å². The first-order chi connectivity index (χ1) is 13.9. The van der Waals surface area contributed by atoms with Gasteiger partial charge in [-0.3, -0.25) is 4.79 Å². The maximum absolute atomic E-state index is 12.6. The standard InChI is InChI=1S/C19H18IN3O3S3/c20-15-5-3-13(4-6-15)16-12-28-19(21-16)22-18(24)14-7-9-23(10-8-14)29(25,26)17-2-1-11-27-17/h1-6,11-12,14H,7-10H2,(H,21,22,24). The van der Waals surface area contributed by atoms with Crippen molar-refractivity contribution >= 4 is 66.3 Å². The highest BCUT2D eigenvalue weighted by Gasteiger charge is 2.32. The summed E-state index contributed by atoms with van der Waals surface area (Å²) in [4.78, 5) is 17.1. The number of carbonyl (C=O) groups excluding carboxylic acids is 1. The number of carbonyl (C=O) groups is 1. The molecule has 1 aliphatic heterocycles. The van der Waals surface area contributed by atoms with E-state index in [1.807, 2.05) is 29.6 Å². The molecule has 0 bridgehead atoms. The van der Waals surface area contributed by atoms with Crippen molar-refractivity contribution in [3.05, 3.63) is 50.7 Å². The predicted molar refractivity (Wildman–Crippen MR) is 125 cm³/mol. The Morgan fingerprint density at radius 2 is 1.86 bits per heavy atom. The Bertz CT molecular complexity index is 1090. The normalized spacial score (nSPS) is 16.0. The van der Waals surface area contributed by atoms with Crippen LogP contribution in [0.15, 0.2) is 51.4 Å². The van der Waals surface area contributed by atoms with Crippen LogP contribution in [0.3, 0.4) is 0 Å². The number of nitrogens with zero attached hydrogens (tertiary/aromatic N) is 2. The summed E-state index contributed by atoms with van der Waals surface area (Å²) in [5, 5.41) is 7.14. The Labute approximate surface area is 191 Å². The molecule has 0 saturated carbocycles. The molecule has 0 unspecified atom stereocenters. The predicted octanol–water partition coefficient (Wildman–Crippen LogP) is 4.52. The summed E-state index contributed by atoms with van der Waals surface area (Å²) in [6, 6.07) is 11.4. The first-order valence-electron chi connectivity index (χ1n) is 8.99. The summed E-state index contributed by atoms with van der Waals surface area (Å²) in [5.41, 5.74) is 1.84. The lowest BCUT2D eigenvalue weighted by molar-refractivity contribution is -0.120. The molecule has 152 valence electrons. The number of thiophene rings is 1. The quantitative estimate of drug-likeness (QED) is 0.467. The molecule has 10 heteroatoms. The average molecular weight is 559 g/mol. The van der Waals surface area contributed by atoms with E-state index in [2.05, 4.69) is 32.9 Å². The van der Waals surface area contributed by atoms with Crippen LogP contribution in [0.2, 0.25) is 0 Å². The van der Waals surface area contributed by atoms with Gasteiger partial charge >= 0.3 is 0 Å². The smallest absolute Gasteiger partial charge is 0.252 e. The summed E-state index contributed by atoms with van der Waals surface area (Å²) in [6.45, 7) is 0.703. The summed E-state index contributed by atoms with van der Waals surface area (Å²) in [5.74, 6) is -0.308. The van der Waals surface area contributed by atoms with Crippen molar-refractivity contribution in [2.75, 3.05) is 18.4 Å². The van der Waals surface area contributed by atoms with Gasteiger partial charge < -0.3 is 5.32 Å². The van der Waals surface area contributed by atoms with Gasteiger partial charge in [0.15, 0.2) is 5.13 Å². The van der Waals surface area contributed by atoms with E-state index in [-0.39, 0.29) is 11.8 Å². The number of halogens is 1. The molecule has 1 aliphatic rings. The van der Waals surface area contributed by atoms with Gasteiger partial charge in [0.05, 0.1) is 5.69 Å². The minimum Gasteiger partial charge on any atom is -0.302 e. The first kappa shape index (κ1) is 20.9. The van der Waals surface area contributed by atoms with Crippen LogP contribution < -0.4 is 5.32 Å². The minimum atomic E-state index is -3.45. The number of sulfonamides is 1. The number of amides is 1. The van der Waals surface area contributed by atoms with Gasteiger partial charge in [-0.2, -0.15) is 4.31 Å². The van der Waals surface area contributed by atoms with Crippen molar-refractivity contribution in [3.8, 4) is 11.3 Å². The van der Waals surface area contributed by atoms with Crippen LogP contribution in [-0.4, -0.2) is 36.7 Å². The van der Waals surface area contributed by atoms with E-state index in [0.717, 1.165) is 14.8 Å². The highest BCUT2D eigenvalue weighted by molar-refractivity contribution is 14.1. The number of aromatic nitrogens is 1. The van der Waals surface area contributed by atoms with Crippen LogP contribution in [-0.2, 0) is 14.8 Å². The Morgan fingerprint density at radius 1 is 1.14 bits per heavy atom. The fourth-order valence-corrected chi connectivity index (χ4v) is 6.88. The Balaban J connectivity index is 1.35. The minimum absolute atomic E-state index is 0.0957. The first-order valence-corrected chi connectivity index (χ1v) is 13.3. The zero-order valence-corrected chi connectivity index (χ0v) is 19.9. The van der Waals surface area contributed by atoms with E-state index in [1.54, 1.807) is 17.5 Å². The molecule has 0 atom stereocenters. The molecular weight excluding hydrogens is 541 g/mol. The van der Waals surface area contributed by atoms with Crippen LogP contribution in [0, 0.1) is 9.49 Å². The molecule has 4 rings (SSSR count). The van der Waals surface area contributed by atoms with Crippen molar-refractivity contribution in [2.45, 2.75) is 17.1 Å². The molecule has 3 heterocycles. The van der Waals surface area contributed by atoms with Gasteiger partial charge in [0.1, 0.15) is 4.21 Å². The fourth-order valence-electron chi connectivity index (χ4n) is 3.19. The van der Waals surface area contributed by atoms with Gasteiger partial charge in [-0.05, 0) is 59.0 Å². The van der Waals surface area contributed by atoms with E-state index < -0.39 is 10.0 Å². The summed E-state index contributed by atoms with van der Waals surface area (Å²) < 4.78 is 28.2. The van der Waals surface area contributed by atoms with Crippen LogP contribution in [0.25, 0.3) is 11.3 Å². The number of piperidine rings is 1. The van der Waals surface area contributed by atoms with Crippen LogP contribution in [0.1, 0.15) is 12.8 Å². The highest BCUT2D eigenvalue weighted by atomic mass is 127. The molecule has 1 N–H and O–H groups in total. The van der Waals surface area contributed by atoms with Gasteiger partial charge in [-0.1, -0.05) is 18.2 Å². The third-order valence-electron chi connectivity index (χ3n) is 4.79. The van der Waals surface area contributed by atoms with E-state index in [1.165, 1.54) is 27.0 Å². The van der Waals surface area contributed by atoms with Gasteiger partial charge in [-0.15, -0.1) is 22.7 Å². The van der Waals surface area contributed by atoms with E-state index in [0.29, 0.717) is 35.3 Å². The van der Waals surface area contributed by atoms with Crippen LogP contribution >= 0.6 is 45.3 Å². The molecule has 1 saturated heterocycles. The Kier molecular flexibility index (Phi) is 6.35. The second-order valence-electron chi connectivity index (χ2n) is 6.64. The number of nitrogens with one attached hydrogen (secondary N) is 1. The van der Waals surface area contributed by atoms with E-state index in [4.69, 9.17) is 0 Å². The second-order valence-corrected chi connectivity index (χ2v) is 11.9. The number of hydrogen-bond donors (Lipinski definition) is 1. The molecule has 1 fully saturated rings. The SMILES string of the molecule is O=C(Nc1nc(-c2ccc(I)cc2)cs1)C1CCN(S(=O)(=O)c2cccs2)CC1. The lowest BCUT2D eigenvalue weighted by Crippen LogP contribution is -2.41. The number of benzene rings is 1. The molecular formula is C19H18IN3O3S3. The average Bonchev–Trinajstić information content (AvgIpc) is 3.41. The topological polar surface area (TPSA) is 79.4 Å². The maximum atomic E-state index is 12.6. The molecule has 3 aromatic rings. The molecule has 0 aliphatic carbocycles. The summed E-state index contributed by atoms with van der Waals surface area (Å²) in [7, 11) is -3.45. The van der Waals surface area contributed by atoms with Crippen molar-refractivity contribution in [2.24, 2.45) is 5.92 Å². The Morgan fingerprint density at radius 3 is 2.52 bits per heavy atom. The Hall–Kier alpha value is -1.34. The van der Waals surface area contributed by atoms with Gasteiger partial charge in [-0.25, -0.2) is 13.4 Å². The maximum Gasteiger partial charge on any atom is 0.252 e. The molecule has 6 nitrogen and oxygen atoms in total. The molecule has 0 spiro atoms. The monoisotopic (exact) mass is 559 g/mol. The zero-order valence-electron chi connectivity index (χ0n) is 15.2. The van der Waals surface area contributed by atoms with Gasteiger partial charge in [0, 0.05) is 33.5 Å². The highest BCUT2D eigenvalue weighted by Crippen LogP contribution is 2.29. The van der Waals surface area contributed by atoms with Crippen molar-refractivity contribution in [1.29, 1.82) is 0 Å². The lowest BCUT2D eigenvalue weighted by Gasteiger charge is -2.29.